The van der Waals surface area contributed by atoms with Crippen molar-refractivity contribution in [1.29, 1.82) is 0 Å². The standard InChI is InChI=1S/C15H31NO/c1-5-7-15(11-16-12(2)3)17-14-9-6-8-13(4)10-14/h12-16H,5-11H2,1-4H3. The van der Waals surface area contributed by atoms with Crippen LogP contribution in [0.25, 0.3) is 0 Å². The Balaban J connectivity index is 2.31. The molecule has 1 N–H and O–H groups in total. The second kappa shape index (κ2) is 8.10. The third-order valence-corrected chi connectivity index (χ3v) is 3.64. The summed E-state index contributed by atoms with van der Waals surface area (Å²) in [6.45, 7) is 10.0. The zero-order valence-electron chi connectivity index (χ0n) is 12.2. The Morgan fingerprint density at radius 1 is 1.29 bits per heavy atom. The molecule has 0 amide bonds. The van der Waals surface area contributed by atoms with Gasteiger partial charge in [0.05, 0.1) is 12.2 Å². The summed E-state index contributed by atoms with van der Waals surface area (Å²) < 4.78 is 6.29. The topological polar surface area (TPSA) is 21.3 Å². The Labute approximate surface area is 108 Å². The second-order valence-electron chi connectivity index (χ2n) is 6.00. The monoisotopic (exact) mass is 241 g/mol. The first-order valence-corrected chi connectivity index (χ1v) is 7.50. The first kappa shape index (κ1) is 15.0. The normalized spacial score (nSPS) is 27.4. The lowest BCUT2D eigenvalue weighted by atomic mass is 9.88. The van der Waals surface area contributed by atoms with E-state index < -0.39 is 0 Å². The quantitative estimate of drug-likeness (QED) is 0.733. The molecule has 0 heterocycles. The van der Waals surface area contributed by atoms with Crippen molar-refractivity contribution in [3.63, 3.8) is 0 Å². The molecule has 1 aliphatic carbocycles. The predicted octanol–water partition coefficient (Wildman–Crippen LogP) is 3.75. The van der Waals surface area contributed by atoms with Crippen molar-refractivity contribution in [2.45, 2.75) is 84.5 Å². The zero-order valence-corrected chi connectivity index (χ0v) is 12.2. The van der Waals surface area contributed by atoms with Gasteiger partial charge in [-0.3, -0.25) is 0 Å². The van der Waals surface area contributed by atoms with Gasteiger partial charge in [0.15, 0.2) is 0 Å². The van der Waals surface area contributed by atoms with Gasteiger partial charge in [0.1, 0.15) is 0 Å². The van der Waals surface area contributed by atoms with Crippen molar-refractivity contribution in [2.75, 3.05) is 6.54 Å². The van der Waals surface area contributed by atoms with E-state index in [4.69, 9.17) is 4.74 Å². The van der Waals surface area contributed by atoms with Gasteiger partial charge in [-0.15, -0.1) is 0 Å². The molecule has 0 bridgehead atoms. The summed E-state index contributed by atoms with van der Waals surface area (Å²) in [6, 6.07) is 0.559. The minimum atomic E-state index is 0.415. The summed E-state index contributed by atoms with van der Waals surface area (Å²) in [5.74, 6) is 0.856. The van der Waals surface area contributed by atoms with Crippen molar-refractivity contribution >= 4 is 0 Å². The zero-order chi connectivity index (χ0) is 12.7. The fourth-order valence-corrected chi connectivity index (χ4v) is 2.68. The lowest BCUT2D eigenvalue weighted by molar-refractivity contribution is -0.0418. The van der Waals surface area contributed by atoms with Crippen LogP contribution in [0.3, 0.4) is 0 Å². The van der Waals surface area contributed by atoms with E-state index >= 15 is 0 Å². The Morgan fingerprint density at radius 2 is 2.06 bits per heavy atom. The lowest BCUT2D eigenvalue weighted by Crippen LogP contribution is -2.37. The molecule has 0 aromatic rings. The molecule has 102 valence electrons. The van der Waals surface area contributed by atoms with Crippen LogP contribution in [-0.2, 0) is 4.74 Å². The fraction of sp³-hybridized carbons (Fsp3) is 1.00. The molecule has 0 aromatic carbocycles. The molecule has 17 heavy (non-hydrogen) atoms. The highest BCUT2D eigenvalue weighted by Gasteiger charge is 2.22. The maximum atomic E-state index is 6.29. The van der Waals surface area contributed by atoms with Gasteiger partial charge in [0.2, 0.25) is 0 Å². The number of nitrogens with one attached hydrogen (secondary N) is 1. The molecule has 0 saturated heterocycles. The van der Waals surface area contributed by atoms with Gasteiger partial charge < -0.3 is 10.1 Å². The maximum Gasteiger partial charge on any atom is 0.0703 e. The SMILES string of the molecule is CCCC(CNC(C)C)OC1CCCC(C)C1. The van der Waals surface area contributed by atoms with E-state index in [1.54, 1.807) is 0 Å². The Hall–Kier alpha value is -0.0800. The van der Waals surface area contributed by atoms with Crippen molar-refractivity contribution < 1.29 is 4.74 Å². The van der Waals surface area contributed by atoms with Crippen LogP contribution in [0.1, 0.15) is 66.2 Å². The van der Waals surface area contributed by atoms with Crippen LogP contribution in [0.5, 0.6) is 0 Å². The number of hydrogen-bond donors (Lipinski definition) is 1. The Bertz CT molecular complexity index is 193. The number of hydrogen-bond acceptors (Lipinski definition) is 2. The van der Waals surface area contributed by atoms with Gasteiger partial charge in [0.25, 0.3) is 0 Å². The van der Waals surface area contributed by atoms with Gasteiger partial charge in [-0.2, -0.15) is 0 Å². The molecule has 0 spiro atoms. The molecule has 2 heteroatoms. The van der Waals surface area contributed by atoms with E-state index in [0.29, 0.717) is 18.2 Å². The van der Waals surface area contributed by atoms with E-state index in [2.05, 4.69) is 33.0 Å². The number of rotatable bonds is 7. The van der Waals surface area contributed by atoms with Crippen molar-refractivity contribution in [3.8, 4) is 0 Å². The van der Waals surface area contributed by atoms with E-state index in [9.17, 15) is 0 Å². The van der Waals surface area contributed by atoms with E-state index in [-0.39, 0.29) is 0 Å². The van der Waals surface area contributed by atoms with Crippen molar-refractivity contribution in [3.05, 3.63) is 0 Å². The average Bonchev–Trinajstić information content (AvgIpc) is 2.26. The molecule has 0 aromatic heterocycles. The van der Waals surface area contributed by atoms with Crippen LogP contribution in [0.4, 0.5) is 0 Å². The third-order valence-electron chi connectivity index (χ3n) is 3.64. The molecule has 2 nitrogen and oxygen atoms in total. The van der Waals surface area contributed by atoms with Gasteiger partial charge >= 0.3 is 0 Å². The summed E-state index contributed by atoms with van der Waals surface area (Å²) in [6.07, 6.45) is 8.61. The van der Waals surface area contributed by atoms with Crippen LogP contribution in [0, 0.1) is 5.92 Å². The highest BCUT2D eigenvalue weighted by atomic mass is 16.5. The molecule has 3 unspecified atom stereocenters. The molecular formula is C15H31NO. The summed E-state index contributed by atoms with van der Waals surface area (Å²) in [5, 5.41) is 3.51. The molecule has 3 atom stereocenters. The minimum Gasteiger partial charge on any atom is -0.374 e. The summed E-state index contributed by atoms with van der Waals surface area (Å²) in [7, 11) is 0. The van der Waals surface area contributed by atoms with E-state index in [1.807, 2.05) is 0 Å². The van der Waals surface area contributed by atoms with Gasteiger partial charge in [-0.25, -0.2) is 0 Å². The van der Waals surface area contributed by atoms with Gasteiger partial charge in [0, 0.05) is 12.6 Å². The second-order valence-corrected chi connectivity index (χ2v) is 6.00. The molecular weight excluding hydrogens is 210 g/mol. The van der Waals surface area contributed by atoms with Crippen molar-refractivity contribution in [2.24, 2.45) is 5.92 Å². The van der Waals surface area contributed by atoms with Crippen LogP contribution >= 0.6 is 0 Å². The van der Waals surface area contributed by atoms with E-state index in [1.165, 1.54) is 38.5 Å². The predicted molar refractivity (Wildman–Crippen MR) is 74.3 cm³/mol. The first-order chi connectivity index (χ1) is 8.11. The molecule has 0 radical (unpaired) electrons. The minimum absolute atomic E-state index is 0.415. The number of ether oxygens (including phenoxy) is 1. The molecule has 1 saturated carbocycles. The van der Waals surface area contributed by atoms with Gasteiger partial charge in [-0.05, 0) is 25.2 Å². The largest absolute Gasteiger partial charge is 0.374 e. The molecule has 1 aliphatic rings. The van der Waals surface area contributed by atoms with Crippen LogP contribution < -0.4 is 5.32 Å². The summed E-state index contributed by atoms with van der Waals surface area (Å²) >= 11 is 0. The third kappa shape index (κ3) is 6.42. The maximum absolute atomic E-state index is 6.29. The lowest BCUT2D eigenvalue weighted by Gasteiger charge is -2.31. The fourth-order valence-electron chi connectivity index (χ4n) is 2.68. The summed E-state index contributed by atoms with van der Waals surface area (Å²) in [5.41, 5.74) is 0. The first-order valence-electron chi connectivity index (χ1n) is 7.50. The molecule has 1 rings (SSSR count). The highest BCUT2D eigenvalue weighted by molar-refractivity contribution is 4.73. The Kier molecular flexibility index (Phi) is 7.14. The van der Waals surface area contributed by atoms with Gasteiger partial charge in [-0.1, -0.05) is 47.0 Å². The molecule has 1 fully saturated rings. The Morgan fingerprint density at radius 3 is 2.65 bits per heavy atom. The van der Waals surface area contributed by atoms with Crippen LogP contribution in [-0.4, -0.2) is 24.8 Å². The van der Waals surface area contributed by atoms with E-state index in [0.717, 1.165) is 12.5 Å². The summed E-state index contributed by atoms with van der Waals surface area (Å²) in [4.78, 5) is 0. The average molecular weight is 241 g/mol. The van der Waals surface area contributed by atoms with Crippen molar-refractivity contribution in [1.82, 2.24) is 5.32 Å². The molecule has 0 aliphatic heterocycles. The van der Waals surface area contributed by atoms with Crippen LogP contribution in [0.2, 0.25) is 0 Å². The highest BCUT2D eigenvalue weighted by Crippen LogP contribution is 2.27. The smallest absolute Gasteiger partial charge is 0.0703 e. The van der Waals surface area contributed by atoms with Crippen LogP contribution in [0.15, 0.2) is 0 Å².